The smallest absolute Gasteiger partial charge is 0.328 e. The molecule has 0 radical (unpaired) electrons. The fraction of sp³-hybridized carbons (Fsp3) is 0.818. The van der Waals surface area contributed by atoms with E-state index in [-0.39, 0.29) is 17.8 Å². The van der Waals surface area contributed by atoms with Crippen molar-refractivity contribution in [3.8, 4) is 0 Å². The van der Waals surface area contributed by atoms with Crippen molar-refractivity contribution < 1.29 is 14.3 Å². The lowest BCUT2D eigenvalue weighted by molar-refractivity contribution is -0.153. The molecule has 0 saturated carbocycles. The van der Waals surface area contributed by atoms with Crippen molar-refractivity contribution in [1.82, 2.24) is 4.90 Å². The van der Waals surface area contributed by atoms with Crippen LogP contribution in [0.25, 0.3) is 0 Å². The average Bonchev–Trinajstić information content (AvgIpc) is 2.75. The van der Waals surface area contributed by atoms with E-state index >= 15 is 0 Å². The molecule has 1 unspecified atom stereocenters. The lowest BCUT2D eigenvalue weighted by atomic mass is 9.94. The predicted octanol–water partition coefficient (Wildman–Crippen LogP) is 1.42. The van der Waals surface area contributed by atoms with Gasteiger partial charge in [-0.15, -0.1) is 11.6 Å². The van der Waals surface area contributed by atoms with Crippen molar-refractivity contribution in [2.45, 2.75) is 32.7 Å². The van der Waals surface area contributed by atoms with Gasteiger partial charge in [-0.2, -0.15) is 0 Å². The van der Waals surface area contributed by atoms with Gasteiger partial charge >= 0.3 is 5.97 Å². The van der Waals surface area contributed by atoms with Crippen LogP contribution in [0.2, 0.25) is 0 Å². The summed E-state index contributed by atoms with van der Waals surface area (Å²) in [6.45, 7) is 4.18. The van der Waals surface area contributed by atoms with Gasteiger partial charge in [-0.3, -0.25) is 4.79 Å². The van der Waals surface area contributed by atoms with Gasteiger partial charge in [0.1, 0.15) is 6.04 Å². The molecule has 1 aliphatic heterocycles. The lowest BCUT2D eigenvalue weighted by Crippen LogP contribution is -2.47. The van der Waals surface area contributed by atoms with Crippen LogP contribution >= 0.6 is 11.6 Å². The van der Waals surface area contributed by atoms with Crippen LogP contribution in [-0.2, 0) is 14.3 Å². The van der Waals surface area contributed by atoms with Gasteiger partial charge in [0, 0.05) is 12.4 Å². The summed E-state index contributed by atoms with van der Waals surface area (Å²) in [7, 11) is 1.34. The quantitative estimate of drug-likeness (QED) is 0.560. The largest absolute Gasteiger partial charge is 0.467 e. The third-order valence-corrected chi connectivity index (χ3v) is 3.57. The summed E-state index contributed by atoms with van der Waals surface area (Å²) in [5, 5.41) is 0. The monoisotopic (exact) mass is 247 g/mol. The molecule has 0 aliphatic carbocycles. The number of carbonyl (C=O) groups is 2. The summed E-state index contributed by atoms with van der Waals surface area (Å²) >= 11 is 5.76. The number of ether oxygens (including phenoxy) is 1. The zero-order valence-electron chi connectivity index (χ0n) is 9.96. The van der Waals surface area contributed by atoms with Gasteiger partial charge in [-0.25, -0.2) is 4.79 Å². The number of nitrogens with zero attached hydrogens (tertiary/aromatic N) is 1. The second kappa shape index (κ2) is 5.04. The first-order valence-corrected chi connectivity index (χ1v) is 5.92. The fourth-order valence-corrected chi connectivity index (χ4v) is 1.95. The molecule has 0 aromatic carbocycles. The minimum absolute atomic E-state index is 0.0737. The summed E-state index contributed by atoms with van der Waals surface area (Å²) in [5.41, 5.74) is -0.627. The van der Waals surface area contributed by atoms with Crippen molar-refractivity contribution in [3.63, 3.8) is 0 Å². The van der Waals surface area contributed by atoms with E-state index in [0.29, 0.717) is 13.0 Å². The minimum atomic E-state index is -0.627. The van der Waals surface area contributed by atoms with Crippen molar-refractivity contribution in [1.29, 1.82) is 0 Å². The summed E-state index contributed by atoms with van der Waals surface area (Å²) in [4.78, 5) is 25.2. The van der Waals surface area contributed by atoms with E-state index < -0.39 is 11.5 Å². The number of halogens is 1. The van der Waals surface area contributed by atoms with Crippen LogP contribution in [0.1, 0.15) is 26.7 Å². The number of rotatable bonds is 3. The molecule has 1 amide bonds. The molecule has 0 N–H and O–H groups in total. The number of alkyl halides is 1. The van der Waals surface area contributed by atoms with Crippen LogP contribution in [0.4, 0.5) is 0 Å². The van der Waals surface area contributed by atoms with E-state index in [0.717, 1.165) is 6.42 Å². The van der Waals surface area contributed by atoms with E-state index in [1.54, 1.807) is 18.7 Å². The molecular formula is C11H18ClNO3. The lowest BCUT2D eigenvalue weighted by Gasteiger charge is -2.30. The number of methoxy groups -OCH3 is 1. The Morgan fingerprint density at radius 1 is 1.50 bits per heavy atom. The summed E-state index contributed by atoms with van der Waals surface area (Å²) in [5.74, 6) is -0.164. The topological polar surface area (TPSA) is 46.6 Å². The van der Waals surface area contributed by atoms with Crippen LogP contribution in [-0.4, -0.2) is 42.4 Å². The maximum atomic E-state index is 12.2. The van der Waals surface area contributed by atoms with E-state index in [2.05, 4.69) is 0 Å². The van der Waals surface area contributed by atoms with Gasteiger partial charge in [-0.1, -0.05) is 0 Å². The molecule has 0 aromatic heterocycles. The van der Waals surface area contributed by atoms with E-state index in [9.17, 15) is 9.59 Å². The second-order valence-corrected chi connectivity index (χ2v) is 4.96. The van der Waals surface area contributed by atoms with Gasteiger partial charge < -0.3 is 9.64 Å². The molecule has 0 aromatic rings. The highest BCUT2D eigenvalue weighted by atomic mass is 35.5. The van der Waals surface area contributed by atoms with Crippen LogP contribution in [0.15, 0.2) is 0 Å². The molecule has 0 spiro atoms. The Bertz CT molecular complexity index is 291. The standard InChI is InChI=1S/C11H18ClNO3/c1-11(2,7-12)10(15)13-6-4-5-8(13)9(14)16-3/h8H,4-7H2,1-3H3. The molecule has 1 heterocycles. The highest BCUT2D eigenvalue weighted by molar-refractivity contribution is 6.19. The zero-order chi connectivity index (χ0) is 12.3. The Labute approximate surface area is 101 Å². The SMILES string of the molecule is COC(=O)C1CCCN1C(=O)C(C)(C)CCl. The molecule has 92 valence electrons. The molecule has 5 heteroatoms. The van der Waals surface area contributed by atoms with Crippen LogP contribution in [0, 0.1) is 5.41 Å². The number of esters is 1. The van der Waals surface area contributed by atoms with Crippen LogP contribution in [0.5, 0.6) is 0 Å². The van der Waals surface area contributed by atoms with Crippen molar-refractivity contribution in [2.24, 2.45) is 5.41 Å². The molecule has 1 saturated heterocycles. The number of amides is 1. The minimum Gasteiger partial charge on any atom is -0.467 e. The normalized spacial score (nSPS) is 21.0. The second-order valence-electron chi connectivity index (χ2n) is 4.70. The summed E-state index contributed by atoms with van der Waals surface area (Å²) in [6.07, 6.45) is 1.51. The third kappa shape index (κ3) is 2.48. The first-order valence-electron chi connectivity index (χ1n) is 5.39. The first kappa shape index (κ1) is 13.3. The van der Waals surface area contributed by atoms with Crippen LogP contribution in [0.3, 0.4) is 0 Å². The van der Waals surface area contributed by atoms with Gasteiger partial charge in [0.05, 0.1) is 12.5 Å². The predicted molar refractivity (Wildman–Crippen MR) is 61.3 cm³/mol. The molecular weight excluding hydrogens is 230 g/mol. The highest BCUT2D eigenvalue weighted by Crippen LogP contribution is 2.27. The number of hydrogen-bond acceptors (Lipinski definition) is 3. The Morgan fingerprint density at radius 3 is 2.62 bits per heavy atom. The van der Waals surface area contributed by atoms with Gasteiger partial charge in [0.2, 0.25) is 5.91 Å². The highest BCUT2D eigenvalue weighted by Gasteiger charge is 2.40. The van der Waals surface area contributed by atoms with Crippen molar-refractivity contribution in [2.75, 3.05) is 19.5 Å². The average molecular weight is 248 g/mol. The summed E-state index contributed by atoms with van der Waals surface area (Å²) < 4.78 is 4.70. The Balaban J connectivity index is 2.79. The zero-order valence-corrected chi connectivity index (χ0v) is 10.7. The van der Waals surface area contributed by atoms with E-state index in [1.165, 1.54) is 7.11 Å². The maximum Gasteiger partial charge on any atom is 0.328 e. The number of likely N-dealkylation sites (tertiary alicyclic amines) is 1. The molecule has 16 heavy (non-hydrogen) atoms. The summed E-state index contributed by atoms with van der Waals surface area (Å²) in [6, 6.07) is -0.431. The Morgan fingerprint density at radius 2 is 2.12 bits per heavy atom. The van der Waals surface area contributed by atoms with E-state index in [1.807, 2.05) is 0 Å². The number of carbonyl (C=O) groups excluding carboxylic acids is 2. The Kier molecular flexibility index (Phi) is 4.19. The van der Waals surface area contributed by atoms with Crippen LogP contribution < -0.4 is 0 Å². The first-order chi connectivity index (χ1) is 7.44. The maximum absolute atomic E-state index is 12.2. The van der Waals surface area contributed by atoms with Gasteiger partial charge in [-0.05, 0) is 26.7 Å². The number of hydrogen-bond donors (Lipinski definition) is 0. The molecule has 1 rings (SSSR count). The van der Waals surface area contributed by atoms with Crippen molar-refractivity contribution in [3.05, 3.63) is 0 Å². The fourth-order valence-electron chi connectivity index (χ4n) is 1.84. The molecule has 1 aliphatic rings. The molecule has 4 nitrogen and oxygen atoms in total. The van der Waals surface area contributed by atoms with Gasteiger partial charge in [0.15, 0.2) is 0 Å². The Hall–Kier alpha value is -0.770. The molecule has 1 fully saturated rings. The molecule has 0 bridgehead atoms. The van der Waals surface area contributed by atoms with Crippen molar-refractivity contribution >= 4 is 23.5 Å². The third-order valence-electron chi connectivity index (χ3n) is 2.90. The van der Waals surface area contributed by atoms with Gasteiger partial charge in [0.25, 0.3) is 0 Å². The molecule has 1 atom stereocenters. The van der Waals surface area contributed by atoms with E-state index in [4.69, 9.17) is 16.3 Å².